The number of nitrogens with two attached hydrogens (primary N) is 1. The number of piperazine rings is 1. The van der Waals surface area contributed by atoms with Crippen molar-refractivity contribution < 1.29 is 33.4 Å². The molecular formula is C33H36N6O7. The maximum Gasteiger partial charge on any atom is 0.410 e. The van der Waals surface area contributed by atoms with Crippen LogP contribution in [0.1, 0.15) is 34.3 Å². The van der Waals surface area contributed by atoms with Gasteiger partial charge in [-0.05, 0) is 35.7 Å². The van der Waals surface area contributed by atoms with Crippen molar-refractivity contribution in [3.8, 4) is 0 Å². The number of rotatable bonds is 13. The number of carbonyl (C=O) groups is 5. The average molecular weight is 629 g/mol. The standard InChI is InChI=1S/C33H36N6O7/c34-30(35)29(39-18-17-38(20-27(39)40)33(44)46-22-24-11-5-2-6-12-24)32(43)37-26-14-7-13-25(19-26)31(42)36-16-8-15-28(41)45-21-23-9-3-1-4-10-23/h1-7,9-14,19,29H,8,15-18,20-22H2,(H3,34,35)(H,36,42)(H,37,43). The predicted octanol–water partition coefficient (Wildman–Crippen LogP) is 2.66. The van der Waals surface area contributed by atoms with Crippen molar-refractivity contribution in [3.05, 3.63) is 102 Å². The molecule has 1 saturated heterocycles. The third kappa shape index (κ3) is 9.64. The number of carbonyl (C=O) groups excluding carboxylic acids is 5. The Bertz CT molecular complexity index is 1550. The molecule has 0 saturated carbocycles. The van der Waals surface area contributed by atoms with Gasteiger partial charge in [0.1, 0.15) is 25.6 Å². The fourth-order valence-corrected chi connectivity index (χ4v) is 4.67. The summed E-state index contributed by atoms with van der Waals surface area (Å²) in [5.41, 5.74) is 7.92. The molecule has 0 radical (unpaired) electrons. The van der Waals surface area contributed by atoms with E-state index in [9.17, 15) is 24.0 Å². The first-order chi connectivity index (χ1) is 22.2. The highest BCUT2D eigenvalue weighted by molar-refractivity contribution is 6.13. The van der Waals surface area contributed by atoms with Crippen molar-refractivity contribution in [2.45, 2.75) is 32.1 Å². The van der Waals surface area contributed by atoms with Gasteiger partial charge in [-0.2, -0.15) is 0 Å². The maximum absolute atomic E-state index is 13.2. The van der Waals surface area contributed by atoms with Crippen molar-refractivity contribution >= 4 is 41.3 Å². The van der Waals surface area contributed by atoms with Crippen molar-refractivity contribution in [1.82, 2.24) is 15.1 Å². The van der Waals surface area contributed by atoms with Gasteiger partial charge in [-0.1, -0.05) is 66.7 Å². The van der Waals surface area contributed by atoms with Gasteiger partial charge in [0.2, 0.25) is 5.91 Å². The van der Waals surface area contributed by atoms with Crippen LogP contribution < -0.4 is 16.4 Å². The van der Waals surface area contributed by atoms with E-state index in [0.717, 1.165) is 16.0 Å². The van der Waals surface area contributed by atoms with Crippen LogP contribution >= 0.6 is 0 Å². The summed E-state index contributed by atoms with van der Waals surface area (Å²) in [6.07, 6.45) is -0.154. The van der Waals surface area contributed by atoms with Crippen LogP contribution in [0.5, 0.6) is 0 Å². The molecule has 0 bridgehead atoms. The zero-order valence-corrected chi connectivity index (χ0v) is 25.1. The zero-order valence-electron chi connectivity index (χ0n) is 25.1. The van der Waals surface area contributed by atoms with Crippen LogP contribution in [-0.4, -0.2) is 77.6 Å². The van der Waals surface area contributed by atoms with E-state index in [1.54, 1.807) is 18.2 Å². The van der Waals surface area contributed by atoms with E-state index in [4.69, 9.17) is 20.6 Å². The number of nitrogens with one attached hydrogen (secondary N) is 3. The topological polar surface area (TPSA) is 184 Å². The molecule has 13 heteroatoms. The van der Waals surface area contributed by atoms with E-state index in [0.29, 0.717) is 6.42 Å². The molecule has 4 amide bonds. The summed E-state index contributed by atoms with van der Waals surface area (Å²) in [5, 5.41) is 13.3. The van der Waals surface area contributed by atoms with Crippen molar-refractivity contribution in [1.29, 1.82) is 5.41 Å². The molecule has 4 rings (SSSR count). The highest BCUT2D eigenvalue weighted by Gasteiger charge is 2.37. The van der Waals surface area contributed by atoms with E-state index in [2.05, 4.69) is 10.6 Å². The summed E-state index contributed by atoms with van der Waals surface area (Å²) in [7, 11) is 0. The van der Waals surface area contributed by atoms with Crippen LogP contribution in [0.25, 0.3) is 0 Å². The molecule has 13 nitrogen and oxygen atoms in total. The van der Waals surface area contributed by atoms with Crippen LogP contribution in [-0.2, 0) is 37.1 Å². The molecule has 5 N–H and O–H groups in total. The van der Waals surface area contributed by atoms with Gasteiger partial charge in [-0.25, -0.2) is 4.79 Å². The Balaban J connectivity index is 1.24. The number of amidine groups is 1. The third-order valence-corrected chi connectivity index (χ3v) is 7.05. The molecule has 3 aromatic rings. The summed E-state index contributed by atoms with van der Waals surface area (Å²) >= 11 is 0. The lowest BCUT2D eigenvalue weighted by Crippen LogP contribution is -2.61. The molecule has 1 unspecified atom stereocenters. The average Bonchev–Trinajstić information content (AvgIpc) is 3.06. The van der Waals surface area contributed by atoms with E-state index < -0.39 is 35.7 Å². The molecule has 240 valence electrons. The van der Waals surface area contributed by atoms with Crippen LogP contribution in [0, 0.1) is 5.41 Å². The van der Waals surface area contributed by atoms with Crippen molar-refractivity contribution in [3.63, 3.8) is 0 Å². The minimum atomic E-state index is -1.42. The number of ether oxygens (including phenoxy) is 2. The van der Waals surface area contributed by atoms with E-state index in [1.165, 1.54) is 11.0 Å². The van der Waals surface area contributed by atoms with E-state index in [-0.39, 0.29) is 63.0 Å². The first-order valence-corrected chi connectivity index (χ1v) is 14.7. The second-order valence-corrected chi connectivity index (χ2v) is 10.5. The Labute approximate surface area is 266 Å². The Hall–Kier alpha value is -5.72. The number of benzene rings is 3. The zero-order chi connectivity index (χ0) is 32.9. The minimum Gasteiger partial charge on any atom is -0.461 e. The molecule has 0 aliphatic carbocycles. The second-order valence-electron chi connectivity index (χ2n) is 10.5. The predicted molar refractivity (Wildman–Crippen MR) is 168 cm³/mol. The summed E-state index contributed by atoms with van der Waals surface area (Å²) in [4.78, 5) is 65.7. The van der Waals surface area contributed by atoms with Gasteiger partial charge in [0.05, 0.1) is 0 Å². The summed E-state index contributed by atoms with van der Waals surface area (Å²) in [6, 6.07) is 23.1. The molecule has 1 aliphatic heterocycles. The Morgan fingerprint density at radius 1 is 0.870 bits per heavy atom. The molecule has 1 heterocycles. The maximum atomic E-state index is 13.2. The molecular weight excluding hydrogens is 592 g/mol. The number of amides is 4. The molecule has 1 fully saturated rings. The quantitative estimate of drug-likeness (QED) is 0.0963. The smallest absolute Gasteiger partial charge is 0.410 e. The number of anilines is 1. The van der Waals surface area contributed by atoms with Gasteiger partial charge in [0.25, 0.3) is 11.8 Å². The lowest BCUT2D eigenvalue weighted by Gasteiger charge is -2.37. The van der Waals surface area contributed by atoms with E-state index >= 15 is 0 Å². The van der Waals surface area contributed by atoms with E-state index in [1.807, 2.05) is 60.7 Å². The Morgan fingerprint density at radius 2 is 1.52 bits per heavy atom. The number of hydrogen-bond donors (Lipinski definition) is 4. The monoisotopic (exact) mass is 628 g/mol. The molecule has 1 aliphatic rings. The Morgan fingerprint density at radius 3 is 2.15 bits per heavy atom. The SMILES string of the molecule is N=C(N)C(C(=O)Nc1cccc(C(=O)NCCCC(=O)OCc2ccccc2)c1)N1CCN(C(=O)OCc2ccccc2)CC1=O. The number of hydrogen-bond acceptors (Lipinski definition) is 8. The number of esters is 1. The van der Waals surface area contributed by atoms with Crippen molar-refractivity contribution in [2.24, 2.45) is 5.73 Å². The van der Waals surface area contributed by atoms with Gasteiger partial charge >= 0.3 is 12.1 Å². The molecule has 0 aromatic heterocycles. The van der Waals surface area contributed by atoms with Gasteiger partial charge in [-0.15, -0.1) is 0 Å². The normalized spacial score (nSPS) is 13.3. The lowest BCUT2D eigenvalue weighted by molar-refractivity contribution is -0.145. The second kappa shape index (κ2) is 16.4. The summed E-state index contributed by atoms with van der Waals surface area (Å²) in [6.45, 7) is 0.161. The molecule has 46 heavy (non-hydrogen) atoms. The Kier molecular flexibility index (Phi) is 11.8. The van der Waals surface area contributed by atoms with Gasteiger partial charge < -0.3 is 30.7 Å². The highest BCUT2D eigenvalue weighted by Crippen LogP contribution is 2.15. The first kappa shape index (κ1) is 33.2. The molecule has 3 aromatic carbocycles. The fourth-order valence-electron chi connectivity index (χ4n) is 4.67. The lowest BCUT2D eigenvalue weighted by atomic mass is 10.1. The first-order valence-electron chi connectivity index (χ1n) is 14.7. The highest BCUT2D eigenvalue weighted by atomic mass is 16.6. The van der Waals surface area contributed by atoms with Gasteiger partial charge in [0, 0.05) is 37.3 Å². The van der Waals surface area contributed by atoms with Gasteiger partial charge in [0.15, 0.2) is 6.04 Å². The van der Waals surface area contributed by atoms with Crippen LogP contribution in [0.4, 0.5) is 10.5 Å². The minimum absolute atomic E-state index is 0.0425. The fraction of sp³-hybridized carbons (Fsp3) is 0.273. The number of nitrogens with zero attached hydrogens (tertiary/aromatic N) is 2. The summed E-state index contributed by atoms with van der Waals surface area (Å²) < 4.78 is 10.5. The van der Waals surface area contributed by atoms with Crippen LogP contribution in [0.15, 0.2) is 84.9 Å². The van der Waals surface area contributed by atoms with Crippen molar-refractivity contribution in [2.75, 3.05) is 31.5 Å². The van der Waals surface area contributed by atoms with Crippen LogP contribution in [0.2, 0.25) is 0 Å². The molecule has 1 atom stereocenters. The largest absolute Gasteiger partial charge is 0.461 e. The summed E-state index contributed by atoms with van der Waals surface area (Å²) in [5.74, 6) is -2.65. The van der Waals surface area contributed by atoms with Gasteiger partial charge in [-0.3, -0.25) is 29.5 Å². The third-order valence-electron chi connectivity index (χ3n) is 7.05. The molecule has 0 spiro atoms. The van der Waals surface area contributed by atoms with Crippen LogP contribution in [0.3, 0.4) is 0 Å².